The molecule has 3 fully saturated rings. The molecule has 6 nitrogen and oxygen atoms in total. The summed E-state index contributed by atoms with van der Waals surface area (Å²) in [5, 5.41) is 39.1. The quantitative estimate of drug-likeness (QED) is 0.486. The van der Waals surface area contributed by atoms with Gasteiger partial charge in [-0.3, -0.25) is 5.41 Å². The van der Waals surface area contributed by atoms with E-state index in [4.69, 9.17) is 14.9 Å². The molecular formula is C24H34N4O2. The fraction of sp³-hybridized carbons (Fsp3) is 0.833. The maximum Gasteiger partial charge on any atom is 0.217 e. The Morgan fingerprint density at radius 1 is 0.933 bits per heavy atom. The van der Waals surface area contributed by atoms with Crippen molar-refractivity contribution in [2.75, 3.05) is 0 Å². The minimum Gasteiger partial charge on any atom is -0.447 e. The summed E-state index contributed by atoms with van der Waals surface area (Å²) in [6.07, 6.45) is 13.2. The molecule has 0 aromatic rings. The molecule has 0 amide bonds. The van der Waals surface area contributed by atoms with Crippen molar-refractivity contribution in [3.63, 3.8) is 0 Å². The normalized spacial score (nSPS) is 34.0. The number of unbranched alkanes of at least 4 members (excludes halogenated alkanes) is 7. The van der Waals surface area contributed by atoms with E-state index in [9.17, 15) is 15.8 Å². The summed E-state index contributed by atoms with van der Waals surface area (Å²) in [5.74, 6) is -1.69. The third-order valence-corrected chi connectivity index (χ3v) is 7.50. The van der Waals surface area contributed by atoms with Crippen molar-refractivity contribution in [3.05, 3.63) is 0 Å². The molecule has 1 saturated carbocycles. The number of hydrogen-bond acceptors (Lipinski definition) is 6. The van der Waals surface area contributed by atoms with Gasteiger partial charge in [0, 0.05) is 6.42 Å². The van der Waals surface area contributed by atoms with Gasteiger partial charge >= 0.3 is 0 Å². The number of nitrogens with one attached hydrogen (secondary N) is 1. The van der Waals surface area contributed by atoms with Crippen LogP contribution in [0, 0.1) is 56.2 Å². The summed E-state index contributed by atoms with van der Waals surface area (Å²) in [5.41, 5.74) is -3.24. The zero-order valence-corrected chi connectivity index (χ0v) is 18.2. The SMILES string of the molecule is CCCCCCCCCCC1OC23CCCCCC2C(C#N)(C(=N)O3)C1(C#N)C#N. The molecule has 0 aromatic carbocycles. The molecule has 0 spiro atoms. The van der Waals surface area contributed by atoms with E-state index in [0.29, 0.717) is 19.3 Å². The van der Waals surface area contributed by atoms with Gasteiger partial charge in [-0.25, -0.2) is 0 Å². The molecule has 0 aromatic heterocycles. The van der Waals surface area contributed by atoms with Gasteiger partial charge in [0.25, 0.3) is 0 Å². The smallest absolute Gasteiger partial charge is 0.217 e. The number of rotatable bonds is 9. The van der Waals surface area contributed by atoms with Crippen LogP contribution in [0.15, 0.2) is 0 Å². The highest BCUT2D eigenvalue weighted by Gasteiger charge is 2.79. The molecule has 1 N–H and O–H groups in total. The van der Waals surface area contributed by atoms with Crippen LogP contribution in [-0.2, 0) is 9.47 Å². The van der Waals surface area contributed by atoms with Crippen molar-refractivity contribution in [2.45, 2.75) is 109 Å². The molecule has 30 heavy (non-hydrogen) atoms. The fourth-order valence-corrected chi connectivity index (χ4v) is 5.87. The fourth-order valence-electron chi connectivity index (χ4n) is 5.87. The molecule has 3 rings (SSSR count). The zero-order chi connectivity index (χ0) is 21.7. The van der Waals surface area contributed by atoms with Crippen molar-refractivity contribution in [2.24, 2.45) is 16.7 Å². The van der Waals surface area contributed by atoms with Gasteiger partial charge in [0.1, 0.15) is 0 Å². The Bertz CT molecular complexity index is 747. The summed E-state index contributed by atoms with van der Waals surface area (Å²) >= 11 is 0. The van der Waals surface area contributed by atoms with E-state index in [1.165, 1.54) is 32.1 Å². The highest BCUT2D eigenvalue weighted by molar-refractivity contribution is 5.89. The van der Waals surface area contributed by atoms with Crippen LogP contribution < -0.4 is 0 Å². The third-order valence-electron chi connectivity index (χ3n) is 7.50. The summed E-state index contributed by atoms with van der Waals surface area (Å²) in [6.45, 7) is 2.21. The minimum atomic E-state index is -1.70. The summed E-state index contributed by atoms with van der Waals surface area (Å²) in [4.78, 5) is 0. The number of hydrogen-bond donors (Lipinski definition) is 1. The summed E-state index contributed by atoms with van der Waals surface area (Å²) in [7, 11) is 0. The van der Waals surface area contributed by atoms with Crippen LogP contribution >= 0.6 is 0 Å². The Morgan fingerprint density at radius 3 is 2.23 bits per heavy atom. The first-order chi connectivity index (χ1) is 14.6. The molecule has 1 aliphatic carbocycles. The predicted octanol–water partition coefficient (Wildman–Crippen LogP) is 5.74. The highest BCUT2D eigenvalue weighted by atomic mass is 16.7. The van der Waals surface area contributed by atoms with Crippen LogP contribution in [0.1, 0.15) is 96.8 Å². The molecule has 2 aliphatic heterocycles. The Labute approximate surface area is 180 Å². The first kappa shape index (κ1) is 22.6. The lowest BCUT2D eigenvalue weighted by Gasteiger charge is -2.49. The van der Waals surface area contributed by atoms with Gasteiger partial charge in [-0.15, -0.1) is 0 Å². The van der Waals surface area contributed by atoms with E-state index < -0.39 is 28.6 Å². The summed E-state index contributed by atoms with van der Waals surface area (Å²) < 4.78 is 12.4. The third kappa shape index (κ3) is 3.38. The van der Waals surface area contributed by atoms with Crippen molar-refractivity contribution < 1.29 is 9.47 Å². The average Bonchev–Trinajstić information content (AvgIpc) is 2.87. The van der Waals surface area contributed by atoms with Crippen LogP contribution in [-0.4, -0.2) is 17.8 Å². The van der Waals surface area contributed by atoms with Crippen molar-refractivity contribution >= 4 is 5.90 Å². The second-order valence-electron chi connectivity index (χ2n) is 9.22. The van der Waals surface area contributed by atoms with Crippen LogP contribution in [0.5, 0.6) is 0 Å². The van der Waals surface area contributed by atoms with Crippen LogP contribution in [0.2, 0.25) is 0 Å². The van der Waals surface area contributed by atoms with Gasteiger partial charge in [0.05, 0.1) is 30.2 Å². The molecule has 4 unspecified atom stereocenters. The largest absolute Gasteiger partial charge is 0.447 e. The number of nitriles is 3. The Balaban J connectivity index is 1.78. The van der Waals surface area contributed by atoms with E-state index in [1.54, 1.807) is 0 Å². The van der Waals surface area contributed by atoms with Crippen molar-refractivity contribution in [3.8, 4) is 18.2 Å². The van der Waals surface area contributed by atoms with Gasteiger partial charge in [-0.2, -0.15) is 15.8 Å². The predicted molar refractivity (Wildman–Crippen MR) is 112 cm³/mol. The van der Waals surface area contributed by atoms with Crippen molar-refractivity contribution in [1.29, 1.82) is 21.2 Å². The zero-order valence-electron chi connectivity index (χ0n) is 18.2. The molecule has 3 aliphatic rings. The molecule has 2 bridgehead atoms. The Hall–Kier alpha value is -2.10. The molecule has 0 radical (unpaired) electrons. The lowest BCUT2D eigenvalue weighted by molar-refractivity contribution is -0.283. The first-order valence-corrected chi connectivity index (χ1v) is 11.8. The van der Waals surface area contributed by atoms with E-state index >= 15 is 0 Å². The maximum atomic E-state index is 10.3. The number of ether oxygens (including phenoxy) is 2. The first-order valence-electron chi connectivity index (χ1n) is 11.8. The Kier molecular flexibility index (Phi) is 7.05. The molecule has 6 heteroatoms. The number of nitrogens with zero attached hydrogens (tertiary/aromatic N) is 3. The van der Waals surface area contributed by atoms with Gasteiger partial charge < -0.3 is 9.47 Å². The molecular weight excluding hydrogens is 376 g/mol. The van der Waals surface area contributed by atoms with E-state index in [2.05, 4.69) is 25.1 Å². The minimum absolute atomic E-state index is 0.238. The van der Waals surface area contributed by atoms with Crippen LogP contribution in [0.25, 0.3) is 0 Å². The maximum absolute atomic E-state index is 10.3. The molecule has 4 atom stereocenters. The standard InChI is InChI=1S/C24H34N4O2/c1-2-3-4-5-6-7-8-11-14-20-22(16-25,17-26)23(18-27)19-13-10-9-12-15-24(19,29-20)30-21(23)28/h19-20,28H,2-15H2,1H3. The van der Waals surface area contributed by atoms with Gasteiger partial charge in [0.15, 0.2) is 10.8 Å². The molecule has 2 saturated heterocycles. The molecule has 162 valence electrons. The second kappa shape index (κ2) is 9.36. The molecule has 2 heterocycles. The lowest BCUT2D eigenvalue weighted by atomic mass is 9.53. The monoisotopic (exact) mass is 410 g/mol. The van der Waals surface area contributed by atoms with Crippen molar-refractivity contribution in [1.82, 2.24) is 0 Å². The van der Waals surface area contributed by atoms with Gasteiger partial charge in [-0.1, -0.05) is 71.1 Å². The van der Waals surface area contributed by atoms with Gasteiger partial charge in [0.2, 0.25) is 11.7 Å². The van der Waals surface area contributed by atoms with E-state index in [-0.39, 0.29) is 5.90 Å². The average molecular weight is 411 g/mol. The highest BCUT2D eigenvalue weighted by Crippen LogP contribution is 2.66. The van der Waals surface area contributed by atoms with E-state index in [1.807, 2.05) is 0 Å². The van der Waals surface area contributed by atoms with Crippen LogP contribution in [0.3, 0.4) is 0 Å². The van der Waals surface area contributed by atoms with E-state index in [0.717, 1.165) is 38.5 Å². The van der Waals surface area contributed by atoms with Gasteiger partial charge in [-0.05, 0) is 19.3 Å². The summed E-state index contributed by atoms with van der Waals surface area (Å²) in [6, 6.07) is 6.58. The second-order valence-corrected chi connectivity index (χ2v) is 9.22. The van der Waals surface area contributed by atoms with Crippen LogP contribution in [0.4, 0.5) is 0 Å². The Morgan fingerprint density at radius 2 is 1.60 bits per heavy atom. The topological polar surface area (TPSA) is 114 Å². The lowest BCUT2D eigenvalue weighted by Crippen LogP contribution is -2.62.